The van der Waals surface area contributed by atoms with Crippen LogP contribution in [0.2, 0.25) is 10.0 Å². The Hall–Kier alpha value is -2.75. The van der Waals surface area contributed by atoms with Crippen molar-refractivity contribution in [3.63, 3.8) is 0 Å². The maximum Gasteiger partial charge on any atom is 0.305 e. The number of methoxy groups -OCH3 is 1. The molecule has 2 aromatic rings. The number of nitrogens with zero attached hydrogens (tertiary/aromatic N) is 2. The van der Waals surface area contributed by atoms with Gasteiger partial charge in [0.2, 0.25) is 5.91 Å². The number of para-hydroxylation sites is 1. The highest BCUT2D eigenvalue weighted by Crippen LogP contribution is 2.31. The Balaban J connectivity index is 1.74. The van der Waals surface area contributed by atoms with Gasteiger partial charge in [-0.1, -0.05) is 47.1 Å². The molecule has 3 rings (SSSR count). The van der Waals surface area contributed by atoms with Crippen molar-refractivity contribution in [2.75, 3.05) is 7.11 Å². The maximum atomic E-state index is 11.8. The van der Waals surface area contributed by atoms with Crippen LogP contribution in [-0.4, -0.2) is 40.7 Å². The van der Waals surface area contributed by atoms with Gasteiger partial charge in [-0.3, -0.25) is 9.59 Å². The molecule has 1 aliphatic rings. The number of ether oxygens (including phenoxy) is 2. The highest BCUT2D eigenvalue weighted by molar-refractivity contribution is 8.15. The third-order valence-corrected chi connectivity index (χ3v) is 5.89. The number of aliphatic carboxylic acids is 1. The molecule has 1 amide bonds. The molecule has 0 saturated carbocycles. The number of hydrogen-bond acceptors (Lipinski definition) is 7. The third kappa shape index (κ3) is 6.13. The van der Waals surface area contributed by atoms with E-state index in [-0.39, 0.29) is 18.2 Å². The van der Waals surface area contributed by atoms with Crippen molar-refractivity contribution in [1.82, 2.24) is 5.32 Å². The number of carboxylic acid groups (broad SMARTS) is 1. The number of carboxylic acids is 1. The fraction of sp³-hybridized carbons (Fsp3) is 0.200. The van der Waals surface area contributed by atoms with Crippen molar-refractivity contribution < 1.29 is 24.2 Å². The van der Waals surface area contributed by atoms with Gasteiger partial charge in [0.25, 0.3) is 0 Å². The zero-order valence-corrected chi connectivity index (χ0v) is 18.5. The largest absolute Gasteiger partial charge is 0.493 e. The molecule has 0 aliphatic carbocycles. The number of amides is 1. The number of carbonyl (C=O) groups excluding carboxylic acids is 1. The van der Waals surface area contributed by atoms with Crippen molar-refractivity contribution >= 4 is 58.2 Å². The van der Waals surface area contributed by atoms with Crippen LogP contribution < -0.4 is 14.8 Å². The Morgan fingerprint density at radius 2 is 2.10 bits per heavy atom. The Bertz CT molecular complexity index is 1060. The third-order valence-electron chi connectivity index (χ3n) is 4.08. The minimum atomic E-state index is -1.06. The molecule has 1 heterocycles. The van der Waals surface area contributed by atoms with Crippen molar-refractivity contribution in [2.45, 2.75) is 18.3 Å². The number of carbonyl (C=O) groups is 2. The van der Waals surface area contributed by atoms with E-state index in [0.29, 0.717) is 27.1 Å². The molecule has 31 heavy (non-hydrogen) atoms. The lowest BCUT2D eigenvalue weighted by Gasteiger charge is -2.13. The number of rotatable bonds is 8. The van der Waals surface area contributed by atoms with Crippen molar-refractivity contribution in [1.29, 1.82) is 0 Å². The summed E-state index contributed by atoms with van der Waals surface area (Å²) in [6.45, 7) is 0.218. The molecule has 2 aromatic carbocycles. The molecule has 0 radical (unpaired) electrons. The van der Waals surface area contributed by atoms with Gasteiger partial charge in [0.05, 0.1) is 29.8 Å². The first kappa shape index (κ1) is 22.9. The lowest BCUT2D eigenvalue weighted by Crippen LogP contribution is -2.26. The van der Waals surface area contributed by atoms with Gasteiger partial charge >= 0.3 is 5.97 Å². The van der Waals surface area contributed by atoms with Gasteiger partial charge < -0.3 is 19.9 Å². The molecule has 1 atom stereocenters. The summed E-state index contributed by atoms with van der Waals surface area (Å²) >= 11 is 13.0. The van der Waals surface area contributed by atoms with Crippen LogP contribution in [0.3, 0.4) is 0 Å². The van der Waals surface area contributed by atoms with Crippen LogP contribution in [0.4, 0.5) is 0 Å². The predicted octanol–water partition coefficient (Wildman–Crippen LogP) is 3.98. The molecule has 1 saturated heterocycles. The van der Waals surface area contributed by atoms with E-state index in [4.69, 9.17) is 37.8 Å². The normalized spacial score (nSPS) is 17.2. The average Bonchev–Trinajstić information content (AvgIpc) is 3.07. The van der Waals surface area contributed by atoms with Crippen LogP contribution in [-0.2, 0) is 16.2 Å². The SMILES string of the molecule is COc1cccc(C=NN=C2NC(=O)C(CC(=O)O)S2)c1OCc1ccc(Cl)c(Cl)c1. The smallest absolute Gasteiger partial charge is 0.305 e. The summed E-state index contributed by atoms with van der Waals surface area (Å²) in [7, 11) is 1.52. The monoisotopic (exact) mass is 481 g/mol. The summed E-state index contributed by atoms with van der Waals surface area (Å²) in [5, 5.41) is 19.7. The van der Waals surface area contributed by atoms with E-state index in [1.165, 1.54) is 13.3 Å². The van der Waals surface area contributed by atoms with E-state index in [9.17, 15) is 9.59 Å². The van der Waals surface area contributed by atoms with Gasteiger partial charge in [0.1, 0.15) is 11.9 Å². The van der Waals surface area contributed by atoms with Gasteiger partial charge in [0, 0.05) is 5.56 Å². The van der Waals surface area contributed by atoms with E-state index < -0.39 is 17.1 Å². The summed E-state index contributed by atoms with van der Waals surface area (Å²) in [6.07, 6.45) is 1.17. The second-order valence-electron chi connectivity index (χ2n) is 6.26. The van der Waals surface area contributed by atoms with Crippen LogP contribution in [0.25, 0.3) is 0 Å². The Kier molecular flexibility index (Phi) is 7.78. The fourth-order valence-electron chi connectivity index (χ4n) is 2.62. The Morgan fingerprint density at radius 1 is 1.29 bits per heavy atom. The molecule has 0 aromatic heterocycles. The molecule has 1 fully saturated rings. The lowest BCUT2D eigenvalue weighted by molar-refractivity contribution is -0.138. The molecular weight excluding hydrogens is 465 g/mol. The molecule has 2 N–H and O–H groups in total. The number of halogens is 2. The summed E-state index contributed by atoms with van der Waals surface area (Å²) in [6, 6.07) is 10.5. The first-order valence-corrected chi connectivity index (χ1v) is 10.5. The zero-order chi connectivity index (χ0) is 22.4. The number of hydrogen-bond donors (Lipinski definition) is 2. The van der Waals surface area contributed by atoms with Gasteiger partial charge in [-0.05, 0) is 29.8 Å². The topological polar surface area (TPSA) is 110 Å². The highest BCUT2D eigenvalue weighted by atomic mass is 35.5. The van der Waals surface area contributed by atoms with E-state index in [0.717, 1.165) is 17.3 Å². The van der Waals surface area contributed by atoms with Crippen molar-refractivity contribution in [2.24, 2.45) is 10.2 Å². The van der Waals surface area contributed by atoms with E-state index >= 15 is 0 Å². The summed E-state index contributed by atoms with van der Waals surface area (Å²) in [5.41, 5.74) is 1.41. The minimum absolute atomic E-state index is 0.218. The van der Waals surface area contributed by atoms with Gasteiger partial charge in [-0.25, -0.2) is 0 Å². The summed E-state index contributed by atoms with van der Waals surface area (Å²) < 4.78 is 11.3. The maximum absolute atomic E-state index is 11.8. The minimum Gasteiger partial charge on any atom is -0.493 e. The van der Waals surface area contributed by atoms with Crippen molar-refractivity contribution in [3.05, 3.63) is 57.6 Å². The molecular formula is C20H17Cl2N3O5S. The van der Waals surface area contributed by atoms with Crippen LogP contribution in [0, 0.1) is 0 Å². The van der Waals surface area contributed by atoms with Crippen LogP contribution in [0.15, 0.2) is 46.6 Å². The molecule has 1 aliphatic heterocycles. The molecule has 0 bridgehead atoms. The summed E-state index contributed by atoms with van der Waals surface area (Å²) in [4.78, 5) is 22.6. The zero-order valence-electron chi connectivity index (χ0n) is 16.2. The van der Waals surface area contributed by atoms with E-state index in [2.05, 4.69) is 15.5 Å². The number of benzene rings is 2. The first-order valence-electron chi connectivity index (χ1n) is 8.91. The standard InChI is InChI=1S/C20H17Cl2N3O5S/c1-29-15-4-2-3-12(18(15)30-10-11-5-6-13(21)14(22)7-11)9-23-25-20-24-19(28)16(31-20)8-17(26)27/h2-7,9,16H,8,10H2,1H3,(H,26,27)(H,24,25,28). The summed E-state index contributed by atoms with van der Waals surface area (Å²) in [5.74, 6) is -0.514. The highest BCUT2D eigenvalue weighted by Gasteiger charge is 2.32. The van der Waals surface area contributed by atoms with Gasteiger partial charge in [-0.15, -0.1) is 5.10 Å². The fourth-order valence-corrected chi connectivity index (χ4v) is 3.86. The van der Waals surface area contributed by atoms with E-state index in [1.54, 1.807) is 36.4 Å². The predicted molar refractivity (Wildman–Crippen MR) is 121 cm³/mol. The van der Waals surface area contributed by atoms with Crippen molar-refractivity contribution in [3.8, 4) is 11.5 Å². The van der Waals surface area contributed by atoms with Gasteiger partial charge in [-0.2, -0.15) is 5.10 Å². The average molecular weight is 482 g/mol. The second-order valence-corrected chi connectivity index (χ2v) is 8.26. The van der Waals surface area contributed by atoms with Crippen LogP contribution in [0.5, 0.6) is 11.5 Å². The molecule has 1 unspecified atom stereocenters. The molecule has 8 nitrogen and oxygen atoms in total. The number of nitrogens with one attached hydrogen (secondary N) is 1. The number of amidine groups is 1. The van der Waals surface area contributed by atoms with Gasteiger partial charge in [0.15, 0.2) is 16.7 Å². The second kappa shape index (κ2) is 10.5. The lowest BCUT2D eigenvalue weighted by atomic mass is 10.2. The van der Waals surface area contributed by atoms with E-state index in [1.807, 2.05) is 0 Å². The number of thioether (sulfide) groups is 1. The molecule has 0 spiro atoms. The molecule has 11 heteroatoms. The first-order chi connectivity index (χ1) is 14.9. The Labute approximate surface area is 192 Å². The van der Waals surface area contributed by atoms with Crippen LogP contribution in [0.1, 0.15) is 17.5 Å². The molecule has 162 valence electrons. The Morgan fingerprint density at radius 3 is 2.81 bits per heavy atom. The van der Waals surface area contributed by atoms with Crippen LogP contribution >= 0.6 is 35.0 Å². The quantitative estimate of drug-likeness (QED) is 0.435.